The molecule has 0 amide bonds. The van der Waals surface area contributed by atoms with Crippen LogP contribution in [0.4, 0.5) is 26.3 Å². The summed E-state index contributed by atoms with van der Waals surface area (Å²) in [6.45, 7) is 0. The molecule has 130 valence electrons. The Kier molecular flexibility index (Phi) is 4.48. The van der Waals surface area contributed by atoms with Crippen molar-refractivity contribution in [3.8, 4) is 16.9 Å². The summed E-state index contributed by atoms with van der Waals surface area (Å²) in [7, 11) is -5.79. The number of rotatable bonds is 3. The summed E-state index contributed by atoms with van der Waals surface area (Å²) in [5.41, 5.74) is -6.09. The number of hydrogen-bond acceptors (Lipinski definition) is 4. The maximum atomic E-state index is 12.4. The molecule has 0 fully saturated rings. The van der Waals surface area contributed by atoms with Crippen molar-refractivity contribution in [3.63, 3.8) is 0 Å². The summed E-state index contributed by atoms with van der Waals surface area (Å²) in [5.74, 6) is -0.587. The Morgan fingerprint density at radius 2 is 1.38 bits per heavy atom. The first kappa shape index (κ1) is 18.0. The summed E-state index contributed by atoms with van der Waals surface area (Å²) in [5, 5.41) is 0. The molecule has 2 rings (SSSR count). The van der Waals surface area contributed by atoms with E-state index >= 15 is 0 Å². The first-order chi connectivity index (χ1) is 10.9. The van der Waals surface area contributed by atoms with Crippen molar-refractivity contribution in [1.29, 1.82) is 0 Å². The minimum atomic E-state index is -5.79. The minimum absolute atomic E-state index is 0.258. The van der Waals surface area contributed by atoms with Gasteiger partial charge in [-0.15, -0.1) is 0 Å². The van der Waals surface area contributed by atoms with Crippen LogP contribution in [-0.4, -0.2) is 18.9 Å². The lowest BCUT2D eigenvalue weighted by Gasteiger charge is -2.10. The van der Waals surface area contributed by atoms with E-state index in [2.05, 4.69) is 9.17 Å². The van der Waals surface area contributed by atoms with Crippen LogP contribution in [0.3, 0.4) is 0 Å². The van der Waals surface area contributed by atoms with Gasteiger partial charge < -0.3 is 4.18 Å². The lowest BCUT2D eigenvalue weighted by molar-refractivity contribution is -0.141. The van der Waals surface area contributed by atoms with E-state index < -0.39 is 33.2 Å². The van der Waals surface area contributed by atoms with Crippen LogP contribution in [0.15, 0.2) is 42.6 Å². The van der Waals surface area contributed by atoms with Crippen LogP contribution in [0.2, 0.25) is 0 Å². The van der Waals surface area contributed by atoms with Gasteiger partial charge in [0.2, 0.25) is 0 Å². The van der Waals surface area contributed by atoms with Crippen LogP contribution >= 0.6 is 0 Å². The summed E-state index contributed by atoms with van der Waals surface area (Å²) < 4.78 is 99.3. The van der Waals surface area contributed by atoms with Crippen LogP contribution in [0.1, 0.15) is 5.69 Å². The van der Waals surface area contributed by atoms with Crippen molar-refractivity contribution in [3.05, 3.63) is 48.3 Å². The molecular formula is C13H7F6NO3S. The maximum absolute atomic E-state index is 12.4. The van der Waals surface area contributed by atoms with Gasteiger partial charge in [-0.3, -0.25) is 4.98 Å². The molecule has 0 saturated carbocycles. The Balaban J connectivity index is 2.21. The van der Waals surface area contributed by atoms with Crippen molar-refractivity contribution >= 4 is 10.1 Å². The van der Waals surface area contributed by atoms with E-state index in [0.717, 1.165) is 30.5 Å². The third-order valence-corrected chi connectivity index (χ3v) is 3.71. The van der Waals surface area contributed by atoms with Crippen LogP contribution in [0, 0.1) is 0 Å². The molecule has 0 aliphatic heterocycles. The molecule has 0 aliphatic carbocycles. The molecule has 0 unspecified atom stereocenters. The van der Waals surface area contributed by atoms with E-state index in [1.54, 1.807) is 0 Å². The Hall–Kier alpha value is -2.30. The second-order valence-corrected chi connectivity index (χ2v) is 5.98. The van der Waals surface area contributed by atoms with E-state index in [9.17, 15) is 34.8 Å². The maximum Gasteiger partial charge on any atom is 0.534 e. The molecule has 0 spiro atoms. The smallest absolute Gasteiger partial charge is 0.376 e. The standard InChI is InChI=1S/C13H7F6NO3S/c14-12(15,16)11-6-3-9(7-20-11)8-1-4-10(5-2-8)23-24(21,22)13(17,18)19/h1-7H. The number of pyridine rings is 1. The van der Waals surface area contributed by atoms with Gasteiger partial charge in [0.15, 0.2) is 0 Å². The quantitative estimate of drug-likeness (QED) is 0.465. The molecule has 4 nitrogen and oxygen atoms in total. The van der Waals surface area contributed by atoms with Crippen LogP contribution < -0.4 is 4.18 Å². The molecule has 1 heterocycles. The third kappa shape index (κ3) is 3.96. The van der Waals surface area contributed by atoms with Gasteiger partial charge in [0.05, 0.1) is 0 Å². The van der Waals surface area contributed by atoms with Crippen molar-refractivity contribution in [2.75, 3.05) is 0 Å². The zero-order valence-corrected chi connectivity index (χ0v) is 12.2. The molecule has 2 aromatic rings. The van der Waals surface area contributed by atoms with E-state index in [1.807, 2.05) is 0 Å². The molecular weight excluding hydrogens is 364 g/mol. The molecule has 0 atom stereocenters. The summed E-state index contributed by atoms with van der Waals surface area (Å²) in [6.07, 6.45) is -3.66. The van der Waals surface area contributed by atoms with Gasteiger partial charge >= 0.3 is 21.8 Å². The van der Waals surface area contributed by atoms with Crippen molar-refractivity contribution < 1.29 is 38.9 Å². The van der Waals surface area contributed by atoms with Gasteiger partial charge in [-0.1, -0.05) is 18.2 Å². The van der Waals surface area contributed by atoms with E-state index in [-0.39, 0.29) is 5.56 Å². The van der Waals surface area contributed by atoms with Gasteiger partial charge in [0.25, 0.3) is 0 Å². The first-order valence-corrected chi connectivity index (χ1v) is 7.45. The molecule has 0 saturated heterocycles. The summed E-state index contributed by atoms with van der Waals surface area (Å²) in [4.78, 5) is 3.24. The number of hydrogen-bond donors (Lipinski definition) is 0. The highest BCUT2D eigenvalue weighted by Gasteiger charge is 2.48. The normalized spacial score (nSPS) is 12.9. The number of alkyl halides is 6. The highest BCUT2D eigenvalue weighted by atomic mass is 32.2. The lowest BCUT2D eigenvalue weighted by atomic mass is 10.1. The average Bonchev–Trinajstić information content (AvgIpc) is 2.46. The fraction of sp³-hybridized carbons (Fsp3) is 0.154. The minimum Gasteiger partial charge on any atom is -0.376 e. The molecule has 0 N–H and O–H groups in total. The van der Waals surface area contributed by atoms with E-state index in [4.69, 9.17) is 0 Å². The lowest BCUT2D eigenvalue weighted by Crippen LogP contribution is -2.28. The monoisotopic (exact) mass is 371 g/mol. The summed E-state index contributed by atoms with van der Waals surface area (Å²) in [6, 6.07) is 6.12. The molecule has 0 bridgehead atoms. The van der Waals surface area contributed by atoms with E-state index in [1.165, 1.54) is 12.1 Å². The van der Waals surface area contributed by atoms with Crippen LogP contribution in [-0.2, 0) is 16.3 Å². The van der Waals surface area contributed by atoms with Crippen LogP contribution in [0.5, 0.6) is 5.75 Å². The number of benzene rings is 1. The fourth-order valence-electron chi connectivity index (χ4n) is 1.61. The largest absolute Gasteiger partial charge is 0.534 e. The molecule has 1 aromatic carbocycles. The topological polar surface area (TPSA) is 56.3 Å². The Morgan fingerprint density at radius 1 is 0.833 bits per heavy atom. The van der Waals surface area contributed by atoms with Gasteiger partial charge in [-0.05, 0) is 23.8 Å². The number of nitrogens with zero attached hydrogens (tertiary/aromatic N) is 1. The zero-order valence-electron chi connectivity index (χ0n) is 11.4. The van der Waals surface area contributed by atoms with Crippen molar-refractivity contribution in [2.24, 2.45) is 0 Å². The predicted octanol–water partition coefficient (Wildman–Crippen LogP) is 4.00. The van der Waals surface area contributed by atoms with Gasteiger partial charge in [-0.2, -0.15) is 34.8 Å². The molecule has 0 aliphatic rings. The van der Waals surface area contributed by atoms with Gasteiger partial charge in [0.1, 0.15) is 11.4 Å². The van der Waals surface area contributed by atoms with E-state index in [0.29, 0.717) is 5.56 Å². The molecule has 24 heavy (non-hydrogen) atoms. The molecule has 0 radical (unpaired) electrons. The highest BCUT2D eigenvalue weighted by Crippen LogP contribution is 2.30. The molecule has 11 heteroatoms. The predicted molar refractivity (Wildman–Crippen MR) is 70.3 cm³/mol. The first-order valence-electron chi connectivity index (χ1n) is 6.04. The van der Waals surface area contributed by atoms with Gasteiger partial charge in [0, 0.05) is 11.8 Å². The van der Waals surface area contributed by atoms with Gasteiger partial charge in [-0.25, -0.2) is 0 Å². The number of aromatic nitrogens is 1. The second kappa shape index (κ2) is 5.96. The second-order valence-electron chi connectivity index (χ2n) is 4.44. The van der Waals surface area contributed by atoms with Crippen molar-refractivity contribution in [2.45, 2.75) is 11.7 Å². The fourth-order valence-corrected chi connectivity index (χ4v) is 2.07. The Labute approximate surface area is 131 Å². The third-order valence-electron chi connectivity index (χ3n) is 2.73. The number of halogens is 6. The average molecular weight is 371 g/mol. The SMILES string of the molecule is O=S(=O)(Oc1ccc(-c2ccc(C(F)(F)F)nc2)cc1)C(F)(F)F. The van der Waals surface area contributed by atoms with Crippen molar-refractivity contribution in [1.82, 2.24) is 4.98 Å². The Morgan fingerprint density at radius 3 is 1.79 bits per heavy atom. The van der Waals surface area contributed by atoms with Crippen LogP contribution in [0.25, 0.3) is 11.1 Å². The Bertz CT molecular complexity index is 811. The molecule has 1 aromatic heterocycles. The highest BCUT2D eigenvalue weighted by molar-refractivity contribution is 7.88. The summed E-state index contributed by atoms with van der Waals surface area (Å²) >= 11 is 0. The zero-order chi connectivity index (χ0) is 18.2.